The standard InChI is InChI=1S/C18H21NO3/c1-19(2)10-11-22-17-8-6-15(7-9-17)16-5-3-4-14(12-16)13-18(20)21/h3-9,12H,10-11,13H2,1-2H3,(H,20,21). The lowest BCUT2D eigenvalue weighted by molar-refractivity contribution is -0.858. The topological polar surface area (TPSA) is 53.8 Å². The van der Waals surface area contributed by atoms with Crippen LogP contribution >= 0.6 is 0 Å². The van der Waals surface area contributed by atoms with Crippen molar-refractivity contribution in [2.75, 3.05) is 27.2 Å². The maximum absolute atomic E-state index is 10.7. The van der Waals surface area contributed by atoms with Crippen molar-refractivity contribution in [3.05, 3.63) is 54.1 Å². The molecule has 0 heterocycles. The van der Waals surface area contributed by atoms with Crippen LogP contribution in [0, 0.1) is 0 Å². The Hall–Kier alpha value is -2.33. The number of hydrogen-bond acceptors (Lipinski definition) is 3. The summed E-state index contributed by atoms with van der Waals surface area (Å²) < 4.78 is 5.68. The summed E-state index contributed by atoms with van der Waals surface area (Å²) in [6.45, 7) is 1.63. The van der Waals surface area contributed by atoms with Crippen LogP contribution in [0.4, 0.5) is 0 Å². The van der Waals surface area contributed by atoms with Crippen molar-refractivity contribution >= 4 is 5.97 Å². The Morgan fingerprint density at radius 3 is 2.45 bits per heavy atom. The highest BCUT2D eigenvalue weighted by molar-refractivity contribution is 5.70. The van der Waals surface area contributed by atoms with E-state index < -0.39 is 5.97 Å². The van der Waals surface area contributed by atoms with Crippen LogP contribution in [0.15, 0.2) is 48.5 Å². The molecular formula is C18H21NO3. The number of aliphatic carboxylic acids is 1. The van der Waals surface area contributed by atoms with E-state index in [0.717, 1.165) is 29.0 Å². The van der Waals surface area contributed by atoms with Gasteiger partial charge in [-0.1, -0.05) is 36.4 Å². The predicted octanol–water partition coefficient (Wildman–Crippen LogP) is 0.169. The Balaban J connectivity index is 2.05. The maximum atomic E-state index is 10.7. The molecule has 0 unspecified atom stereocenters. The van der Waals surface area contributed by atoms with Crippen LogP contribution in [-0.4, -0.2) is 33.2 Å². The minimum absolute atomic E-state index is 0.0676. The van der Waals surface area contributed by atoms with Crippen molar-refractivity contribution in [2.45, 2.75) is 6.42 Å². The van der Waals surface area contributed by atoms with Gasteiger partial charge < -0.3 is 19.5 Å². The van der Waals surface area contributed by atoms with Crippen LogP contribution in [0.2, 0.25) is 0 Å². The number of nitrogens with one attached hydrogen (secondary N) is 1. The lowest BCUT2D eigenvalue weighted by Gasteiger charge is -2.10. The van der Waals surface area contributed by atoms with Crippen molar-refractivity contribution in [1.29, 1.82) is 0 Å². The Morgan fingerprint density at radius 1 is 1.09 bits per heavy atom. The number of benzene rings is 2. The van der Waals surface area contributed by atoms with Gasteiger partial charge in [0.15, 0.2) is 0 Å². The maximum Gasteiger partial charge on any atom is 0.137 e. The highest BCUT2D eigenvalue weighted by Gasteiger charge is 2.02. The largest absolute Gasteiger partial charge is 0.550 e. The van der Waals surface area contributed by atoms with Crippen molar-refractivity contribution in [2.24, 2.45) is 0 Å². The van der Waals surface area contributed by atoms with E-state index in [0.29, 0.717) is 6.61 Å². The number of rotatable bonds is 7. The summed E-state index contributed by atoms with van der Waals surface area (Å²) in [7, 11) is 4.18. The zero-order chi connectivity index (χ0) is 15.9. The third-order valence-electron chi connectivity index (χ3n) is 3.33. The first kappa shape index (κ1) is 16.0. The van der Waals surface area contributed by atoms with E-state index in [4.69, 9.17) is 4.74 Å². The molecule has 0 aromatic heterocycles. The molecule has 0 spiro atoms. The van der Waals surface area contributed by atoms with E-state index in [-0.39, 0.29) is 6.42 Å². The third-order valence-corrected chi connectivity index (χ3v) is 3.33. The molecule has 4 nitrogen and oxygen atoms in total. The average Bonchev–Trinajstić information content (AvgIpc) is 2.47. The lowest BCUT2D eigenvalue weighted by atomic mass is 10.0. The molecule has 2 aromatic rings. The fourth-order valence-electron chi connectivity index (χ4n) is 2.14. The van der Waals surface area contributed by atoms with Gasteiger partial charge >= 0.3 is 0 Å². The fourth-order valence-corrected chi connectivity index (χ4v) is 2.14. The zero-order valence-corrected chi connectivity index (χ0v) is 13.0. The molecule has 4 heteroatoms. The molecule has 0 radical (unpaired) electrons. The van der Waals surface area contributed by atoms with Gasteiger partial charge in [0, 0.05) is 12.4 Å². The van der Waals surface area contributed by atoms with Crippen LogP contribution in [-0.2, 0) is 11.2 Å². The van der Waals surface area contributed by atoms with Gasteiger partial charge in [-0.25, -0.2) is 0 Å². The summed E-state index contributed by atoms with van der Waals surface area (Å²) >= 11 is 0. The molecule has 0 amide bonds. The molecule has 0 aliphatic rings. The number of carboxylic acid groups (broad SMARTS) is 1. The molecule has 0 saturated carbocycles. The second-order valence-electron chi connectivity index (χ2n) is 5.58. The summed E-state index contributed by atoms with van der Waals surface area (Å²) in [4.78, 5) is 12.0. The quantitative estimate of drug-likeness (QED) is 0.793. The first-order valence-electron chi connectivity index (χ1n) is 7.35. The number of quaternary nitrogens is 1. The Bertz CT molecular complexity index is 620. The van der Waals surface area contributed by atoms with Crippen LogP contribution in [0.3, 0.4) is 0 Å². The van der Waals surface area contributed by atoms with Gasteiger partial charge in [-0.3, -0.25) is 0 Å². The van der Waals surface area contributed by atoms with Crippen molar-refractivity contribution in [1.82, 2.24) is 0 Å². The molecule has 0 atom stereocenters. The van der Waals surface area contributed by atoms with Crippen LogP contribution in [0.5, 0.6) is 5.75 Å². The predicted molar refractivity (Wildman–Crippen MR) is 83.8 cm³/mol. The van der Waals surface area contributed by atoms with E-state index in [1.54, 1.807) is 6.07 Å². The molecule has 0 bridgehead atoms. The van der Waals surface area contributed by atoms with Gasteiger partial charge in [0.05, 0.1) is 14.1 Å². The highest BCUT2D eigenvalue weighted by atomic mass is 16.5. The molecule has 2 rings (SSSR count). The highest BCUT2D eigenvalue weighted by Crippen LogP contribution is 2.23. The second kappa shape index (κ2) is 7.61. The van der Waals surface area contributed by atoms with E-state index in [9.17, 15) is 9.90 Å². The molecule has 0 aliphatic carbocycles. The SMILES string of the molecule is C[NH+](C)CCOc1ccc(-c2cccc(CC(=O)[O-])c2)cc1. The van der Waals surface area contributed by atoms with Crippen LogP contribution in [0.1, 0.15) is 5.56 Å². The summed E-state index contributed by atoms with van der Waals surface area (Å²) in [6.07, 6.45) is -0.0676. The summed E-state index contributed by atoms with van der Waals surface area (Å²) in [5, 5.41) is 10.7. The number of carbonyl (C=O) groups is 1. The minimum atomic E-state index is -1.07. The fraction of sp³-hybridized carbons (Fsp3) is 0.278. The van der Waals surface area contributed by atoms with Gasteiger partial charge in [-0.05, 0) is 28.8 Å². The van der Waals surface area contributed by atoms with Crippen LogP contribution < -0.4 is 14.7 Å². The normalized spacial score (nSPS) is 10.7. The van der Waals surface area contributed by atoms with Crippen molar-refractivity contribution in [3.63, 3.8) is 0 Å². The molecular weight excluding hydrogens is 278 g/mol. The average molecular weight is 299 g/mol. The lowest BCUT2D eigenvalue weighted by Crippen LogP contribution is -3.06. The van der Waals surface area contributed by atoms with E-state index in [2.05, 4.69) is 14.1 Å². The monoisotopic (exact) mass is 299 g/mol. The van der Waals surface area contributed by atoms with E-state index in [1.165, 1.54) is 4.90 Å². The Labute approximate surface area is 131 Å². The van der Waals surface area contributed by atoms with E-state index >= 15 is 0 Å². The molecule has 2 aromatic carbocycles. The van der Waals surface area contributed by atoms with Gasteiger partial charge in [-0.2, -0.15) is 0 Å². The number of carbonyl (C=O) groups excluding carboxylic acids is 1. The molecule has 22 heavy (non-hydrogen) atoms. The zero-order valence-electron chi connectivity index (χ0n) is 13.0. The van der Waals surface area contributed by atoms with Gasteiger partial charge in [0.25, 0.3) is 0 Å². The smallest absolute Gasteiger partial charge is 0.137 e. The van der Waals surface area contributed by atoms with Gasteiger partial charge in [-0.15, -0.1) is 0 Å². The molecule has 0 aliphatic heterocycles. The molecule has 1 N–H and O–H groups in total. The van der Waals surface area contributed by atoms with Crippen molar-refractivity contribution < 1.29 is 19.5 Å². The number of carboxylic acids is 1. The first-order valence-corrected chi connectivity index (χ1v) is 7.35. The summed E-state index contributed by atoms with van der Waals surface area (Å²) in [5.74, 6) is -0.222. The minimum Gasteiger partial charge on any atom is -0.550 e. The first-order chi connectivity index (χ1) is 10.5. The van der Waals surface area contributed by atoms with Crippen molar-refractivity contribution in [3.8, 4) is 16.9 Å². The summed E-state index contributed by atoms with van der Waals surface area (Å²) in [6, 6.07) is 15.3. The number of likely N-dealkylation sites (N-methyl/N-ethyl adjacent to an activating group) is 1. The molecule has 0 fully saturated rings. The summed E-state index contributed by atoms with van der Waals surface area (Å²) in [5.41, 5.74) is 2.76. The van der Waals surface area contributed by atoms with Crippen LogP contribution in [0.25, 0.3) is 11.1 Å². The Kier molecular flexibility index (Phi) is 5.55. The second-order valence-corrected chi connectivity index (χ2v) is 5.58. The molecule has 116 valence electrons. The number of hydrogen-bond donors (Lipinski definition) is 1. The van der Waals surface area contributed by atoms with Gasteiger partial charge in [0.2, 0.25) is 0 Å². The number of ether oxygens (including phenoxy) is 1. The Morgan fingerprint density at radius 2 is 1.82 bits per heavy atom. The third kappa shape index (κ3) is 4.90. The molecule has 0 saturated heterocycles. The van der Waals surface area contributed by atoms with Gasteiger partial charge in [0.1, 0.15) is 18.9 Å². The van der Waals surface area contributed by atoms with E-state index in [1.807, 2.05) is 42.5 Å².